The van der Waals surface area contributed by atoms with Crippen LogP contribution in [0, 0.1) is 5.92 Å². The molecule has 4 rings (SSSR count). The van der Waals surface area contributed by atoms with Gasteiger partial charge in [0, 0.05) is 12.6 Å². The number of nitrogens with zero attached hydrogens (tertiary/aromatic N) is 2. The topological polar surface area (TPSA) is 68.3 Å². The molecule has 0 bridgehead atoms. The lowest BCUT2D eigenvalue weighted by molar-refractivity contribution is -0.160. The maximum atomic E-state index is 14.0. The molecule has 1 heterocycles. The van der Waals surface area contributed by atoms with Crippen molar-refractivity contribution in [2.45, 2.75) is 51.2 Å². The number of hydrogen-bond acceptors (Lipinski definition) is 5. The number of piperazine rings is 1. The smallest absolute Gasteiger partial charge is 0.250 e. The lowest BCUT2D eigenvalue weighted by Gasteiger charge is -2.45. The molecule has 0 N–H and O–H groups in total. The summed E-state index contributed by atoms with van der Waals surface area (Å²) in [5.74, 6) is 2.41. The Morgan fingerprint density at radius 3 is 2.29 bits per heavy atom. The first-order valence-corrected chi connectivity index (χ1v) is 11.9. The second-order valence-corrected chi connectivity index (χ2v) is 9.27. The summed E-state index contributed by atoms with van der Waals surface area (Å²) in [6, 6.07) is 12.4. The molecule has 2 aromatic rings. The van der Waals surface area contributed by atoms with Crippen LogP contribution in [0.1, 0.15) is 49.8 Å². The van der Waals surface area contributed by atoms with Gasteiger partial charge in [0.2, 0.25) is 5.91 Å². The van der Waals surface area contributed by atoms with Gasteiger partial charge < -0.3 is 24.0 Å². The second kappa shape index (κ2) is 10.4. The third kappa shape index (κ3) is 4.83. The number of ether oxygens (including phenoxy) is 3. The monoisotopic (exact) mass is 466 g/mol. The molecule has 0 spiro atoms. The third-order valence-corrected chi connectivity index (χ3v) is 7.09. The van der Waals surface area contributed by atoms with Gasteiger partial charge in [0.15, 0.2) is 11.5 Å². The molecule has 2 aromatic carbocycles. The Morgan fingerprint density at radius 1 is 0.882 bits per heavy atom. The first-order chi connectivity index (χ1) is 16.4. The molecular weight excluding hydrogens is 432 g/mol. The highest BCUT2D eigenvalue weighted by Crippen LogP contribution is 2.37. The van der Waals surface area contributed by atoms with Gasteiger partial charge in [-0.05, 0) is 67.0 Å². The van der Waals surface area contributed by atoms with Crippen LogP contribution >= 0.6 is 0 Å². The highest BCUT2D eigenvalue weighted by molar-refractivity contribution is 5.96. The van der Waals surface area contributed by atoms with Gasteiger partial charge in [-0.15, -0.1) is 0 Å². The van der Waals surface area contributed by atoms with Gasteiger partial charge in [-0.25, -0.2) is 0 Å². The van der Waals surface area contributed by atoms with Crippen molar-refractivity contribution in [3.05, 3.63) is 53.6 Å². The second-order valence-electron chi connectivity index (χ2n) is 9.27. The molecule has 0 aromatic heterocycles. The van der Waals surface area contributed by atoms with E-state index in [1.807, 2.05) is 35.2 Å². The average Bonchev–Trinajstić information content (AvgIpc) is 2.86. The first-order valence-electron chi connectivity index (χ1n) is 11.9. The summed E-state index contributed by atoms with van der Waals surface area (Å²) in [5, 5.41) is 0. The molecule has 2 amide bonds. The lowest BCUT2D eigenvalue weighted by atomic mass is 9.85. The van der Waals surface area contributed by atoms with E-state index in [0.29, 0.717) is 35.3 Å². The van der Waals surface area contributed by atoms with Crippen LogP contribution in [0.5, 0.6) is 17.2 Å². The van der Waals surface area contributed by atoms with E-state index in [2.05, 4.69) is 6.92 Å². The van der Waals surface area contributed by atoms with Gasteiger partial charge in [-0.1, -0.05) is 25.1 Å². The molecule has 0 unspecified atom stereocenters. The summed E-state index contributed by atoms with van der Waals surface area (Å²) in [6.45, 7) is 2.68. The van der Waals surface area contributed by atoms with Crippen molar-refractivity contribution in [1.82, 2.24) is 9.80 Å². The Hall–Kier alpha value is -3.22. The Balaban J connectivity index is 1.70. The van der Waals surface area contributed by atoms with Crippen LogP contribution in [0.3, 0.4) is 0 Å². The molecule has 182 valence electrons. The molecule has 7 heteroatoms. The molecule has 2 aliphatic rings. The standard InChI is InChI=1S/C27H34N2O5/c1-18-8-11-21(12-9-18)28-17-25(30)29(16-19-6-5-7-22(14-19)32-2)26(27(28)31)20-10-13-23(33-3)24(15-20)34-4/h5-7,10,13-15,18,21,26H,8-9,11-12,16-17H2,1-4H3/t18?,21?,26-/m1/s1. The van der Waals surface area contributed by atoms with Crippen molar-refractivity contribution in [2.24, 2.45) is 5.92 Å². The van der Waals surface area contributed by atoms with Crippen LogP contribution in [0.25, 0.3) is 0 Å². The van der Waals surface area contributed by atoms with Crippen molar-refractivity contribution in [1.29, 1.82) is 0 Å². The maximum Gasteiger partial charge on any atom is 0.250 e. The summed E-state index contributed by atoms with van der Waals surface area (Å²) < 4.78 is 16.2. The minimum absolute atomic E-state index is 0.0331. The zero-order valence-electron chi connectivity index (χ0n) is 20.5. The zero-order chi connectivity index (χ0) is 24.2. The lowest BCUT2D eigenvalue weighted by Crippen LogP contribution is -2.58. The quantitative estimate of drug-likeness (QED) is 0.612. The molecule has 34 heavy (non-hydrogen) atoms. The Morgan fingerprint density at radius 2 is 1.62 bits per heavy atom. The molecule has 1 aliphatic heterocycles. The van der Waals surface area contributed by atoms with Crippen LogP contribution in [-0.2, 0) is 16.1 Å². The fourth-order valence-electron chi connectivity index (χ4n) is 5.10. The molecule has 1 saturated heterocycles. The molecule has 1 aliphatic carbocycles. The molecule has 7 nitrogen and oxygen atoms in total. The van der Waals surface area contributed by atoms with Crippen LogP contribution in [-0.4, -0.2) is 55.5 Å². The maximum absolute atomic E-state index is 14.0. The van der Waals surface area contributed by atoms with Gasteiger partial charge in [-0.3, -0.25) is 9.59 Å². The Bertz CT molecular complexity index is 1030. The van der Waals surface area contributed by atoms with Crippen LogP contribution < -0.4 is 14.2 Å². The summed E-state index contributed by atoms with van der Waals surface area (Å²) in [7, 11) is 4.76. The Kier molecular flexibility index (Phi) is 7.29. The SMILES string of the molecule is COc1cccc(CN2C(=O)CN(C3CCC(C)CC3)C(=O)[C@H]2c2ccc(OC)c(OC)c2)c1. The fourth-order valence-corrected chi connectivity index (χ4v) is 5.10. The van der Waals surface area contributed by atoms with Gasteiger partial charge in [0.25, 0.3) is 5.91 Å². The van der Waals surface area contributed by atoms with Crippen LogP contribution in [0.4, 0.5) is 0 Å². The number of rotatable bonds is 7. The largest absolute Gasteiger partial charge is 0.497 e. The van der Waals surface area contributed by atoms with Crippen molar-refractivity contribution < 1.29 is 23.8 Å². The summed E-state index contributed by atoms with van der Waals surface area (Å²) in [4.78, 5) is 31.0. The van der Waals surface area contributed by atoms with Crippen molar-refractivity contribution in [3.8, 4) is 17.2 Å². The molecule has 1 atom stereocenters. The van der Waals surface area contributed by atoms with E-state index in [1.165, 1.54) is 0 Å². The summed E-state index contributed by atoms with van der Waals surface area (Å²) in [5.41, 5.74) is 1.62. The average molecular weight is 467 g/mol. The van der Waals surface area contributed by atoms with Crippen LogP contribution in [0.2, 0.25) is 0 Å². The number of amides is 2. The van der Waals surface area contributed by atoms with E-state index in [1.54, 1.807) is 38.4 Å². The number of hydrogen-bond donors (Lipinski definition) is 0. The molecule has 0 radical (unpaired) electrons. The van der Waals surface area contributed by atoms with Crippen molar-refractivity contribution in [2.75, 3.05) is 27.9 Å². The number of benzene rings is 2. The van der Waals surface area contributed by atoms with Gasteiger partial charge in [-0.2, -0.15) is 0 Å². The first kappa shape index (κ1) is 23.9. The van der Waals surface area contributed by atoms with E-state index >= 15 is 0 Å². The predicted octanol–water partition coefficient (Wildman–Crippen LogP) is 4.20. The molecule has 2 fully saturated rings. The molecular formula is C27H34N2O5. The van der Waals surface area contributed by atoms with Crippen molar-refractivity contribution in [3.63, 3.8) is 0 Å². The van der Waals surface area contributed by atoms with Gasteiger partial charge in [0.05, 0.1) is 21.3 Å². The normalized spacial score (nSPS) is 23.1. The number of carbonyl (C=O) groups excluding carboxylic acids is 2. The van der Waals surface area contributed by atoms with Gasteiger partial charge >= 0.3 is 0 Å². The van der Waals surface area contributed by atoms with E-state index < -0.39 is 6.04 Å². The van der Waals surface area contributed by atoms with E-state index in [4.69, 9.17) is 14.2 Å². The zero-order valence-corrected chi connectivity index (χ0v) is 20.5. The fraction of sp³-hybridized carbons (Fsp3) is 0.481. The summed E-state index contributed by atoms with van der Waals surface area (Å²) >= 11 is 0. The molecule has 1 saturated carbocycles. The third-order valence-electron chi connectivity index (χ3n) is 7.09. The number of methoxy groups -OCH3 is 3. The van der Waals surface area contributed by atoms with E-state index in [9.17, 15) is 9.59 Å². The highest BCUT2D eigenvalue weighted by atomic mass is 16.5. The minimum Gasteiger partial charge on any atom is -0.497 e. The van der Waals surface area contributed by atoms with E-state index in [0.717, 1.165) is 31.2 Å². The highest BCUT2D eigenvalue weighted by Gasteiger charge is 2.43. The number of carbonyl (C=O) groups is 2. The Labute approximate surface area is 201 Å². The van der Waals surface area contributed by atoms with Crippen LogP contribution in [0.15, 0.2) is 42.5 Å². The van der Waals surface area contributed by atoms with Crippen molar-refractivity contribution >= 4 is 11.8 Å². The van der Waals surface area contributed by atoms with Gasteiger partial charge in [0.1, 0.15) is 18.3 Å². The predicted molar refractivity (Wildman–Crippen MR) is 129 cm³/mol. The van der Waals surface area contributed by atoms with E-state index in [-0.39, 0.29) is 24.4 Å². The minimum atomic E-state index is -0.730. The summed E-state index contributed by atoms with van der Waals surface area (Å²) in [6.07, 6.45) is 4.04.